The number of nitrogens with zero attached hydrogens (tertiary/aromatic N) is 1. The Labute approximate surface area is 122 Å². The van der Waals surface area contributed by atoms with Crippen molar-refractivity contribution < 1.29 is 23.8 Å². The summed E-state index contributed by atoms with van der Waals surface area (Å²) in [4.78, 5) is 25.6. The molecule has 2 aliphatic heterocycles. The number of rotatable bonds is 3. The minimum absolute atomic E-state index is 0.135. The highest BCUT2D eigenvalue weighted by molar-refractivity contribution is 5.92. The van der Waals surface area contributed by atoms with Gasteiger partial charge in [0.15, 0.2) is 18.1 Å². The van der Waals surface area contributed by atoms with Crippen molar-refractivity contribution in [1.82, 2.24) is 4.90 Å². The fourth-order valence-electron chi connectivity index (χ4n) is 2.47. The van der Waals surface area contributed by atoms with Crippen molar-refractivity contribution in [3.8, 4) is 11.5 Å². The fraction of sp³-hybridized carbons (Fsp3) is 0.467. The predicted molar refractivity (Wildman–Crippen MR) is 73.3 cm³/mol. The first kappa shape index (κ1) is 13.7. The van der Waals surface area contributed by atoms with Crippen molar-refractivity contribution >= 4 is 11.9 Å². The number of piperidine rings is 1. The molecule has 1 fully saturated rings. The van der Waals surface area contributed by atoms with E-state index in [0.29, 0.717) is 17.1 Å². The van der Waals surface area contributed by atoms with Gasteiger partial charge in [-0.25, -0.2) is 4.79 Å². The zero-order chi connectivity index (χ0) is 14.7. The molecule has 0 aromatic heterocycles. The third-order valence-electron chi connectivity index (χ3n) is 3.64. The Bertz CT molecular complexity index is 551. The van der Waals surface area contributed by atoms with E-state index in [-0.39, 0.29) is 19.3 Å². The Kier molecular flexibility index (Phi) is 3.94. The second-order valence-corrected chi connectivity index (χ2v) is 5.09. The first-order valence-corrected chi connectivity index (χ1v) is 7.08. The van der Waals surface area contributed by atoms with Gasteiger partial charge in [-0.3, -0.25) is 4.79 Å². The van der Waals surface area contributed by atoms with Crippen molar-refractivity contribution in [2.45, 2.75) is 19.3 Å². The average molecular weight is 291 g/mol. The van der Waals surface area contributed by atoms with Crippen LogP contribution in [-0.2, 0) is 9.53 Å². The molecule has 0 saturated carbocycles. The Hall–Kier alpha value is -2.24. The van der Waals surface area contributed by atoms with E-state index in [1.807, 2.05) is 0 Å². The van der Waals surface area contributed by atoms with Crippen molar-refractivity contribution in [3.63, 3.8) is 0 Å². The van der Waals surface area contributed by atoms with Crippen molar-refractivity contribution in [2.75, 3.05) is 26.5 Å². The first-order valence-electron chi connectivity index (χ1n) is 7.08. The molecule has 0 radical (unpaired) electrons. The molecule has 6 heteroatoms. The van der Waals surface area contributed by atoms with Gasteiger partial charge in [0, 0.05) is 13.1 Å². The second kappa shape index (κ2) is 6.03. The molecule has 1 saturated heterocycles. The number of carbonyl (C=O) groups excluding carboxylic acids is 2. The van der Waals surface area contributed by atoms with Gasteiger partial charge in [0.2, 0.25) is 6.79 Å². The second-order valence-electron chi connectivity index (χ2n) is 5.09. The number of amides is 1. The highest BCUT2D eigenvalue weighted by atomic mass is 16.7. The van der Waals surface area contributed by atoms with Crippen LogP contribution in [-0.4, -0.2) is 43.3 Å². The van der Waals surface area contributed by atoms with E-state index in [1.54, 1.807) is 23.1 Å². The van der Waals surface area contributed by atoms with Crippen LogP contribution in [0.15, 0.2) is 18.2 Å². The van der Waals surface area contributed by atoms with Crippen LogP contribution in [0.1, 0.15) is 29.6 Å². The minimum Gasteiger partial charge on any atom is -0.454 e. The van der Waals surface area contributed by atoms with Gasteiger partial charge in [-0.2, -0.15) is 0 Å². The maximum atomic E-state index is 11.9. The number of fused-ring (bicyclic) bond motifs is 1. The van der Waals surface area contributed by atoms with Crippen LogP contribution >= 0.6 is 0 Å². The van der Waals surface area contributed by atoms with Gasteiger partial charge in [-0.15, -0.1) is 0 Å². The van der Waals surface area contributed by atoms with E-state index in [2.05, 4.69) is 0 Å². The normalized spacial score (nSPS) is 16.7. The van der Waals surface area contributed by atoms with Gasteiger partial charge in [0.05, 0.1) is 5.56 Å². The molecule has 3 rings (SSSR count). The lowest BCUT2D eigenvalue weighted by molar-refractivity contribution is -0.135. The number of benzene rings is 1. The average Bonchev–Trinajstić information content (AvgIpc) is 3.00. The summed E-state index contributed by atoms with van der Waals surface area (Å²) in [6.07, 6.45) is 3.18. The van der Waals surface area contributed by atoms with Crippen LogP contribution in [0.3, 0.4) is 0 Å². The van der Waals surface area contributed by atoms with Crippen LogP contribution in [0.5, 0.6) is 11.5 Å². The maximum absolute atomic E-state index is 11.9. The molecule has 0 N–H and O–H groups in total. The SMILES string of the molecule is O=C(OCC(=O)N1CCCCC1)c1ccc2c(c1)OCO2. The van der Waals surface area contributed by atoms with Crippen molar-refractivity contribution in [1.29, 1.82) is 0 Å². The number of hydrogen-bond donors (Lipinski definition) is 0. The quantitative estimate of drug-likeness (QED) is 0.791. The smallest absolute Gasteiger partial charge is 0.338 e. The largest absolute Gasteiger partial charge is 0.454 e. The topological polar surface area (TPSA) is 65.1 Å². The van der Waals surface area contributed by atoms with E-state index in [1.165, 1.54) is 0 Å². The summed E-state index contributed by atoms with van der Waals surface area (Å²) in [6.45, 7) is 1.44. The molecule has 0 atom stereocenters. The molecule has 0 bridgehead atoms. The fourth-order valence-corrected chi connectivity index (χ4v) is 2.47. The summed E-state index contributed by atoms with van der Waals surface area (Å²) in [7, 11) is 0. The molecular formula is C15H17NO5. The Morgan fingerprint density at radius 2 is 1.86 bits per heavy atom. The molecule has 1 aromatic carbocycles. The molecule has 112 valence electrons. The van der Waals surface area contributed by atoms with Crippen molar-refractivity contribution in [2.24, 2.45) is 0 Å². The van der Waals surface area contributed by atoms with Gasteiger partial charge in [-0.05, 0) is 37.5 Å². The zero-order valence-electron chi connectivity index (χ0n) is 11.7. The van der Waals surface area contributed by atoms with Crippen LogP contribution < -0.4 is 9.47 Å². The monoisotopic (exact) mass is 291 g/mol. The summed E-state index contributed by atoms with van der Waals surface area (Å²) in [5.74, 6) is 0.463. The highest BCUT2D eigenvalue weighted by Crippen LogP contribution is 2.32. The maximum Gasteiger partial charge on any atom is 0.338 e. The Balaban J connectivity index is 1.55. The number of carbonyl (C=O) groups is 2. The van der Waals surface area contributed by atoms with Crippen molar-refractivity contribution in [3.05, 3.63) is 23.8 Å². The summed E-state index contributed by atoms with van der Waals surface area (Å²) < 4.78 is 15.5. The molecular weight excluding hydrogens is 274 g/mol. The van der Waals surface area contributed by atoms with Gasteiger partial charge >= 0.3 is 5.97 Å². The van der Waals surface area contributed by atoms with Gasteiger partial charge in [0.1, 0.15) is 0 Å². The molecule has 1 amide bonds. The minimum atomic E-state index is -0.529. The lowest BCUT2D eigenvalue weighted by atomic mass is 10.1. The zero-order valence-corrected chi connectivity index (χ0v) is 11.7. The molecule has 1 aromatic rings. The van der Waals surface area contributed by atoms with E-state index in [0.717, 1.165) is 32.4 Å². The lowest BCUT2D eigenvalue weighted by Gasteiger charge is -2.26. The summed E-state index contributed by atoms with van der Waals surface area (Å²) >= 11 is 0. The molecule has 0 unspecified atom stereocenters. The molecule has 2 heterocycles. The summed E-state index contributed by atoms with van der Waals surface area (Å²) in [5.41, 5.74) is 0.352. The standard InChI is InChI=1S/C15H17NO5/c17-14(16-6-2-1-3-7-16)9-19-15(18)11-4-5-12-13(8-11)21-10-20-12/h4-5,8H,1-3,6-7,9-10H2. The third-order valence-corrected chi connectivity index (χ3v) is 3.64. The lowest BCUT2D eigenvalue weighted by Crippen LogP contribution is -2.38. The van der Waals surface area contributed by atoms with E-state index >= 15 is 0 Å². The molecule has 6 nitrogen and oxygen atoms in total. The van der Waals surface area contributed by atoms with Crippen LogP contribution in [0.25, 0.3) is 0 Å². The Morgan fingerprint density at radius 3 is 2.67 bits per heavy atom. The summed E-state index contributed by atoms with van der Waals surface area (Å²) in [6, 6.07) is 4.82. The summed E-state index contributed by atoms with van der Waals surface area (Å²) in [5, 5.41) is 0. The van der Waals surface area contributed by atoms with Crippen LogP contribution in [0.4, 0.5) is 0 Å². The first-order chi connectivity index (χ1) is 10.2. The third kappa shape index (κ3) is 3.09. The number of hydrogen-bond acceptors (Lipinski definition) is 5. The molecule has 0 spiro atoms. The molecule has 0 aliphatic carbocycles. The Morgan fingerprint density at radius 1 is 1.10 bits per heavy atom. The van der Waals surface area contributed by atoms with E-state index in [4.69, 9.17) is 14.2 Å². The number of esters is 1. The molecule has 21 heavy (non-hydrogen) atoms. The molecule has 2 aliphatic rings. The van der Waals surface area contributed by atoms with Gasteiger partial charge in [-0.1, -0.05) is 0 Å². The predicted octanol–water partition coefficient (Wildman–Crippen LogP) is 1.58. The number of likely N-dealkylation sites (tertiary alicyclic amines) is 1. The van der Waals surface area contributed by atoms with E-state index < -0.39 is 5.97 Å². The van der Waals surface area contributed by atoms with E-state index in [9.17, 15) is 9.59 Å². The van der Waals surface area contributed by atoms with Crippen LogP contribution in [0.2, 0.25) is 0 Å². The van der Waals surface area contributed by atoms with Crippen LogP contribution in [0, 0.1) is 0 Å². The van der Waals surface area contributed by atoms with Gasteiger partial charge < -0.3 is 19.1 Å². The van der Waals surface area contributed by atoms with Gasteiger partial charge in [0.25, 0.3) is 5.91 Å². The highest BCUT2D eigenvalue weighted by Gasteiger charge is 2.20. The number of ether oxygens (including phenoxy) is 3.